The summed E-state index contributed by atoms with van der Waals surface area (Å²) in [5.74, 6) is -8.86. The molecule has 0 aromatic heterocycles. The first-order valence-corrected chi connectivity index (χ1v) is 5.75. The molecule has 0 aromatic carbocycles. The fourth-order valence-electron chi connectivity index (χ4n) is 1.02. The molecule has 0 aliphatic heterocycles. The number of hydrogen-bond donors (Lipinski definition) is 0. The third kappa shape index (κ3) is 7.93. The maximum atomic E-state index is 12.1. The molecule has 0 aliphatic rings. The number of esters is 3. The molecular formula is C10H7F9O6. The molecule has 6 nitrogen and oxygen atoms in total. The minimum atomic E-state index is -5.67. The van der Waals surface area contributed by atoms with Crippen LogP contribution in [0.3, 0.4) is 0 Å². The molecule has 0 spiro atoms. The lowest BCUT2D eigenvalue weighted by Gasteiger charge is -2.24. The first-order valence-electron chi connectivity index (χ1n) is 5.75. The highest BCUT2D eigenvalue weighted by Gasteiger charge is 2.47. The van der Waals surface area contributed by atoms with E-state index in [0.29, 0.717) is 6.92 Å². The molecule has 0 heterocycles. The van der Waals surface area contributed by atoms with Crippen molar-refractivity contribution in [3.63, 3.8) is 0 Å². The molecule has 2 atom stereocenters. The Morgan fingerprint density at radius 2 is 1.08 bits per heavy atom. The average Bonchev–Trinajstić information content (AvgIpc) is 2.39. The van der Waals surface area contributed by atoms with Crippen LogP contribution in [0.15, 0.2) is 0 Å². The van der Waals surface area contributed by atoms with E-state index in [4.69, 9.17) is 0 Å². The van der Waals surface area contributed by atoms with E-state index in [-0.39, 0.29) is 0 Å². The van der Waals surface area contributed by atoms with Gasteiger partial charge in [-0.15, -0.1) is 0 Å². The zero-order valence-electron chi connectivity index (χ0n) is 11.7. The Morgan fingerprint density at radius 3 is 1.44 bits per heavy atom. The third-order valence-corrected chi connectivity index (χ3v) is 2.15. The van der Waals surface area contributed by atoms with Crippen molar-refractivity contribution in [3.05, 3.63) is 0 Å². The molecule has 0 radical (unpaired) electrons. The molecule has 0 bridgehead atoms. The standard InChI is InChI=1S/C10H7F9O6/c1-3(24-6(21)9(14,15)16)4(25-7(22)10(17,18)19)2-23-5(20)8(11,12)13/h3-4H,2H2,1H3. The summed E-state index contributed by atoms with van der Waals surface area (Å²) in [6.07, 6.45) is -21.8. The lowest BCUT2D eigenvalue weighted by atomic mass is 10.2. The summed E-state index contributed by atoms with van der Waals surface area (Å²) in [7, 11) is 0. The molecule has 25 heavy (non-hydrogen) atoms. The highest BCUT2D eigenvalue weighted by Crippen LogP contribution is 2.23. The van der Waals surface area contributed by atoms with Crippen molar-refractivity contribution < 1.29 is 68.1 Å². The average molecular weight is 394 g/mol. The van der Waals surface area contributed by atoms with E-state index in [0.717, 1.165) is 0 Å². The Hall–Kier alpha value is -2.22. The molecule has 0 N–H and O–H groups in total. The molecule has 0 aliphatic carbocycles. The number of hydrogen-bond acceptors (Lipinski definition) is 6. The van der Waals surface area contributed by atoms with Crippen LogP contribution < -0.4 is 0 Å². The van der Waals surface area contributed by atoms with Crippen LogP contribution in [0.1, 0.15) is 6.92 Å². The second-order valence-corrected chi connectivity index (χ2v) is 4.15. The number of rotatable bonds is 5. The molecule has 0 amide bonds. The zero-order valence-corrected chi connectivity index (χ0v) is 11.7. The summed E-state index contributed by atoms with van der Waals surface area (Å²) in [6, 6.07) is 0. The molecule has 0 rings (SSSR count). The summed E-state index contributed by atoms with van der Waals surface area (Å²) in [5, 5.41) is 0. The van der Waals surface area contributed by atoms with Gasteiger partial charge in [-0.3, -0.25) is 0 Å². The van der Waals surface area contributed by atoms with Gasteiger partial charge in [0.25, 0.3) is 0 Å². The molecule has 146 valence electrons. The van der Waals surface area contributed by atoms with Crippen LogP contribution >= 0.6 is 0 Å². The van der Waals surface area contributed by atoms with Gasteiger partial charge in [0.2, 0.25) is 0 Å². The first kappa shape index (κ1) is 22.8. The van der Waals surface area contributed by atoms with E-state index in [9.17, 15) is 53.9 Å². The van der Waals surface area contributed by atoms with Gasteiger partial charge in [0.05, 0.1) is 0 Å². The van der Waals surface area contributed by atoms with E-state index < -0.39 is 55.3 Å². The van der Waals surface area contributed by atoms with Crippen molar-refractivity contribution in [2.45, 2.75) is 37.7 Å². The Kier molecular flexibility index (Phi) is 7.08. The smallest absolute Gasteiger partial charge is 0.455 e. The molecule has 0 fully saturated rings. The molecule has 0 saturated carbocycles. The number of alkyl halides is 9. The maximum absolute atomic E-state index is 12.1. The van der Waals surface area contributed by atoms with Crippen molar-refractivity contribution in [3.8, 4) is 0 Å². The highest BCUT2D eigenvalue weighted by molar-refractivity contribution is 5.77. The second-order valence-electron chi connectivity index (χ2n) is 4.15. The van der Waals surface area contributed by atoms with Gasteiger partial charge in [-0.1, -0.05) is 0 Å². The van der Waals surface area contributed by atoms with Crippen molar-refractivity contribution >= 4 is 17.9 Å². The summed E-state index contributed by atoms with van der Waals surface area (Å²) in [6.45, 7) is -1.29. The Labute approximate surface area is 131 Å². The second kappa shape index (κ2) is 7.77. The zero-order chi connectivity index (χ0) is 20.2. The molecule has 15 heteroatoms. The molecule has 0 saturated heterocycles. The normalized spacial score (nSPS) is 15.1. The van der Waals surface area contributed by atoms with Gasteiger partial charge in [-0.2, -0.15) is 39.5 Å². The van der Waals surface area contributed by atoms with Crippen LogP contribution in [-0.4, -0.2) is 55.3 Å². The predicted molar refractivity (Wildman–Crippen MR) is 54.6 cm³/mol. The lowest BCUT2D eigenvalue weighted by Crippen LogP contribution is -2.43. The maximum Gasteiger partial charge on any atom is 0.490 e. The van der Waals surface area contributed by atoms with Gasteiger partial charge < -0.3 is 14.2 Å². The predicted octanol–water partition coefficient (Wildman–Crippen LogP) is 2.06. The van der Waals surface area contributed by atoms with Crippen LogP contribution in [0, 0.1) is 0 Å². The summed E-state index contributed by atoms with van der Waals surface area (Å²) < 4.78 is 119. The van der Waals surface area contributed by atoms with Crippen molar-refractivity contribution in [2.24, 2.45) is 0 Å². The third-order valence-electron chi connectivity index (χ3n) is 2.15. The summed E-state index contributed by atoms with van der Waals surface area (Å²) >= 11 is 0. The molecule has 0 aromatic rings. The number of carbonyl (C=O) groups excluding carboxylic acids is 3. The fourth-order valence-corrected chi connectivity index (χ4v) is 1.02. The number of carbonyl (C=O) groups is 3. The van der Waals surface area contributed by atoms with Crippen molar-refractivity contribution in [2.75, 3.05) is 6.61 Å². The van der Waals surface area contributed by atoms with Gasteiger partial charge in [-0.05, 0) is 6.92 Å². The minimum absolute atomic E-state index is 0.472. The van der Waals surface area contributed by atoms with Gasteiger partial charge in [0.1, 0.15) is 12.7 Å². The number of halogens is 9. The van der Waals surface area contributed by atoms with Gasteiger partial charge in [0, 0.05) is 0 Å². The van der Waals surface area contributed by atoms with Crippen molar-refractivity contribution in [1.29, 1.82) is 0 Å². The van der Waals surface area contributed by atoms with E-state index >= 15 is 0 Å². The van der Waals surface area contributed by atoms with Gasteiger partial charge in [-0.25, -0.2) is 14.4 Å². The topological polar surface area (TPSA) is 78.9 Å². The molecule has 2 unspecified atom stereocenters. The fraction of sp³-hybridized carbons (Fsp3) is 0.700. The number of ether oxygens (including phenoxy) is 3. The Balaban J connectivity index is 5.15. The molecular weight excluding hydrogens is 387 g/mol. The van der Waals surface area contributed by atoms with Crippen LogP contribution in [0.5, 0.6) is 0 Å². The lowest BCUT2D eigenvalue weighted by molar-refractivity contribution is -0.226. The minimum Gasteiger partial charge on any atom is -0.455 e. The van der Waals surface area contributed by atoms with Crippen molar-refractivity contribution in [1.82, 2.24) is 0 Å². The van der Waals surface area contributed by atoms with Crippen LogP contribution in [0.25, 0.3) is 0 Å². The van der Waals surface area contributed by atoms with E-state index in [1.54, 1.807) is 0 Å². The van der Waals surface area contributed by atoms with Crippen LogP contribution in [-0.2, 0) is 28.6 Å². The van der Waals surface area contributed by atoms with E-state index in [1.165, 1.54) is 0 Å². The summed E-state index contributed by atoms with van der Waals surface area (Å²) in [4.78, 5) is 31.7. The van der Waals surface area contributed by atoms with E-state index in [2.05, 4.69) is 14.2 Å². The largest absolute Gasteiger partial charge is 0.490 e. The summed E-state index contributed by atoms with van der Waals surface area (Å²) in [5.41, 5.74) is 0. The Morgan fingerprint density at radius 1 is 0.720 bits per heavy atom. The SMILES string of the molecule is CC(OC(=O)C(F)(F)F)C(COC(=O)C(F)(F)F)OC(=O)C(F)(F)F. The highest BCUT2D eigenvalue weighted by atomic mass is 19.4. The van der Waals surface area contributed by atoms with Crippen LogP contribution in [0.4, 0.5) is 39.5 Å². The monoisotopic (exact) mass is 394 g/mol. The van der Waals surface area contributed by atoms with Crippen LogP contribution in [0.2, 0.25) is 0 Å². The first-order chi connectivity index (χ1) is 11.0. The quantitative estimate of drug-likeness (QED) is 0.404. The Bertz CT molecular complexity index is 506. The van der Waals surface area contributed by atoms with Gasteiger partial charge >= 0.3 is 36.4 Å². The van der Waals surface area contributed by atoms with Gasteiger partial charge in [0.15, 0.2) is 6.10 Å². The van der Waals surface area contributed by atoms with E-state index in [1.807, 2.05) is 0 Å².